The number of hydrogen-bond donors (Lipinski definition) is 1. The molecule has 1 fully saturated rings. The molecule has 88 valence electrons. The summed E-state index contributed by atoms with van der Waals surface area (Å²) in [5.74, 6) is -0.0951. The summed E-state index contributed by atoms with van der Waals surface area (Å²) in [5, 5.41) is 21.0. The summed E-state index contributed by atoms with van der Waals surface area (Å²) < 4.78 is 0. The average Bonchev–Trinajstić information content (AvgIpc) is 2.83. The van der Waals surface area contributed by atoms with Gasteiger partial charge in [0.25, 0.3) is 0 Å². The molecule has 2 heterocycles. The minimum atomic E-state index is -0.791. The van der Waals surface area contributed by atoms with Crippen LogP contribution in [-0.2, 0) is 11.2 Å². The van der Waals surface area contributed by atoms with Gasteiger partial charge in [-0.25, -0.2) is 0 Å². The number of nitrogens with zero attached hydrogens (tertiary/aromatic N) is 5. The van der Waals surface area contributed by atoms with Crippen LogP contribution < -0.4 is 0 Å². The number of likely N-dealkylation sites (tertiary alicyclic amines) is 1. The monoisotopic (exact) mass is 225 g/mol. The van der Waals surface area contributed by atoms with Crippen LogP contribution in [0, 0.1) is 0 Å². The van der Waals surface area contributed by atoms with Crippen molar-refractivity contribution in [1.82, 2.24) is 25.1 Å². The van der Waals surface area contributed by atoms with Crippen LogP contribution in [-0.4, -0.2) is 55.8 Å². The summed E-state index contributed by atoms with van der Waals surface area (Å²) >= 11 is 0. The van der Waals surface area contributed by atoms with E-state index in [9.17, 15) is 4.79 Å². The van der Waals surface area contributed by atoms with Crippen LogP contribution >= 0.6 is 0 Å². The number of tetrazole rings is 1. The minimum Gasteiger partial charge on any atom is -0.480 e. The number of aromatic nitrogens is 4. The zero-order valence-electron chi connectivity index (χ0n) is 9.37. The number of aryl methyl sites for hydroxylation is 1. The first-order chi connectivity index (χ1) is 7.61. The lowest BCUT2D eigenvalue weighted by Crippen LogP contribution is -2.32. The van der Waals surface area contributed by atoms with Gasteiger partial charge in [-0.1, -0.05) is 6.92 Å². The summed E-state index contributed by atoms with van der Waals surface area (Å²) in [6.07, 6.45) is 1.27. The Hall–Kier alpha value is -1.50. The molecule has 7 heteroatoms. The Kier molecular flexibility index (Phi) is 2.86. The van der Waals surface area contributed by atoms with Crippen LogP contribution in [0.25, 0.3) is 0 Å². The second-order valence-electron chi connectivity index (χ2n) is 4.06. The third-order valence-electron chi connectivity index (χ3n) is 2.92. The minimum absolute atomic E-state index is 0.0129. The van der Waals surface area contributed by atoms with E-state index in [2.05, 4.69) is 15.4 Å². The van der Waals surface area contributed by atoms with Gasteiger partial charge in [0.15, 0.2) is 5.82 Å². The van der Waals surface area contributed by atoms with E-state index in [1.807, 2.05) is 11.8 Å². The van der Waals surface area contributed by atoms with Gasteiger partial charge in [0.1, 0.15) is 6.04 Å². The molecule has 0 radical (unpaired) electrons. The Balaban J connectivity index is 2.10. The highest BCUT2D eigenvalue weighted by Gasteiger charge is 2.36. The van der Waals surface area contributed by atoms with E-state index in [1.54, 1.807) is 7.05 Å². The van der Waals surface area contributed by atoms with Crippen molar-refractivity contribution in [3.63, 3.8) is 0 Å². The lowest BCUT2D eigenvalue weighted by atomic mass is 10.2. The second kappa shape index (κ2) is 4.17. The molecular formula is C9H15N5O2. The number of rotatable bonds is 3. The number of aliphatic carboxylic acids is 1. The highest BCUT2D eigenvalue weighted by molar-refractivity contribution is 5.73. The summed E-state index contributed by atoms with van der Waals surface area (Å²) in [4.78, 5) is 14.3. The van der Waals surface area contributed by atoms with Crippen LogP contribution in [0.3, 0.4) is 0 Å². The predicted octanol–water partition coefficient (Wildman–Crippen LogP) is -0.435. The third-order valence-corrected chi connectivity index (χ3v) is 2.92. The summed E-state index contributed by atoms with van der Waals surface area (Å²) in [6.45, 7) is 2.61. The molecule has 1 aliphatic rings. The SMILES string of the molecule is CCc1nnn([C@H]2C[C@@H](C(=O)O)N(C)C2)n1. The molecule has 1 N–H and O–H groups in total. The maximum Gasteiger partial charge on any atom is 0.320 e. The van der Waals surface area contributed by atoms with Gasteiger partial charge < -0.3 is 5.11 Å². The topological polar surface area (TPSA) is 84.1 Å². The molecule has 7 nitrogen and oxygen atoms in total. The van der Waals surface area contributed by atoms with Gasteiger partial charge in [0, 0.05) is 13.0 Å². The molecule has 1 aliphatic heterocycles. The van der Waals surface area contributed by atoms with Crippen LogP contribution in [0.1, 0.15) is 25.2 Å². The standard InChI is InChI=1S/C9H15N5O2/c1-3-8-10-12-14(11-8)6-4-7(9(15)16)13(2)5-6/h6-7H,3-5H2,1-2H3,(H,15,16)/t6-,7-/m0/s1. The zero-order chi connectivity index (χ0) is 11.7. The van der Waals surface area contributed by atoms with E-state index in [4.69, 9.17) is 5.11 Å². The Morgan fingerprint density at radius 2 is 2.38 bits per heavy atom. The van der Waals surface area contributed by atoms with Crippen molar-refractivity contribution in [3.05, 3.63) is 5.82 Å². The lowest BCUT2D eigenvalue weighted by molar-refractivity contribution is -0.141. The van der Waals surface area contributed by atoms with Crippen molar-refractivity contribution < 1.29 is 9.90 Å². The van der Waals surface area contributed by atoms with Crippen molar-refractivity contribution in [2.24, 2.45) is 0 Å². The number of hydrogen-bond acceptors (Lipinski definition) is 5. The Morgan fingerprint density at radius 1 is 1.62 bits per heavy atom. The summed E-state index contributed by atoms with van der Waals surface area (Å²) in [5.41, 5.74) is 0. The fourth-order valence-electron chi connectivity index (χ4n) is 1.98. The van der Waals surface area contributed by atoms with Crippen molar-refractivity contribution in [2.75, 3.05) is 13.6 Å². The molecular weight excluding hydrogens is 210 g/mol. The third kappa shape index (κ3) is 1.90. The fraction of sp³-hybridized carbons (Fsp3) is 0.778. The van der Waals surface area contributed by atoms with E-state index in [0.717, 1.165) is 6.42 Å². The van der Waals surface area contributed by atoms with E-state index in [1.165, 1.54) is 4.80 Å². The molecule has 1 aromatic heterocycles. The molecule has 1 aromatic rings. The molecule has 0 saturated carbocycles. The molecule has 0 aromatic carbocycles. The zero-order valence-corrected chi connectivity index (χ0v) is 9.37. The molecule has 0 bridgehead atoms. The largest absolute Gasteiger partial charge is 0.480 e. The van der Waals surface area contributed by atoms with Crippen molar-refractivity contribution in [3.8, 4) is 0 Å². The van der Waals surface area contributed by atoms with Crippen molar-refractivity contribution in [1.29, 1.82) is 0 Å². The fourth-order valence-corrected chi connectivity index (χ4v) is 1.98. The van der Waals surface area contributed by atoms with Crippen molar-refractivity contribution in [2.45, 2.75) is 31.8 Å². The van der Waals surface area contributed by atoms with Gasteiger partial charge >= 0.3 is 5.97 Å². The molecule has 0 spiro atoms. The first-order valence-corrected chi connectivity index (χ1v) is 5.33. The van der Waals surface area contributed by atoms with Gasteiger partial charge in [-0.2, -0.15) is 4.80 Å². The Bertz CT molecular complexity index is 391. The summed E-state index contributed by atoms with van der Waals surface area (Å²) in [6, 6.07) is -0.431. The van der Waals surface area contributed by atoms with E-state index in [-0.39, 0.29) is 6.04 Å². The smallest absolute Gasteiger partial charge is 0.320 e. The Labute approximate surface area is 93.0 Å². The molecule has 0 unspecified atom stereocenters. The van der Waals surface area contributed by atoms with Gasteiger partial charge in [0.2, 0.25) is 0 Å². The van der Waals surface area contributed by atoms with Gasteiger partial charge in [-0.15, -0.1) is 10.2 Å². The maximum absolute atomic E-state index is 10.9. The van der Waals surface area contributed by atoms with Crippen LogP contribution in [0.15, 0.2) is 0 Å². The maximum atomic E-state index is 10.9. The first-order valence-electron chi connectivity index (χ1n) is 5.33. The van der Waals surface area contributed by atoms with E-state index < -0.39 is 12.0 Å². The van der Waals surface area contributed by atoms with Crippen LogP contribution in [0.4, 0.5) is 0 Å². The molecule has 2 rings (SSSR count). The molecule has 1 saturated heterocycles. The van der Waals surface area contributed by atoms with Crippen LogP contribution in [0.5, 0.6) is 0 Å². The predicted molar refractivity (Wildman–Crippen MR) is 54.9 cm³/mol. The van der Waals surface area contributed by atoms with E-state index >= 15 is 0 Å². The van der Waals surface area contributed by atoms with Gasteiger partial charge in [-0.05, 0) is 18.7 Å². The number of carboxylic acids is 1. The van der Waals surface area contributed by atoms with Crippen LogP contribution in [0.2, 0.25) is 0 Å². The average molecular weight is 225 g/mol. The lowest BCUT2D eigenvalue weighted by Gasteiger charge is -2.12. The first kappa shape index (κ1) is 11.0. The number of likely N-dealkylation sites (N-methyl/N-ethyl adjacent to an activating group) is 1. The second-order valence-corrected chi connectivity index (χ2v) is 4.06. The molecule has 0 aliphatic carbocycles. The van der Waals surface area contributed by atoms with Gasteiger partial charge in [0.05, 0.1) is 6.04 Å². The van der Waals surface area contributed by atoms with Gasteiger partial charge in [-0.3, -0.25) is 9.69 Å². The normalized spacial score (nSPS) is 26.1. The molecule has 0 amide bonds. The molecule has 2 atom stereocenters. The highest BCUT2D eigenvalue weighted by atomic mass is 16.4. The number of carbonyl (C=O) groups is 1. The molecule has 16 heavy (non-hydrogen) atoms. The van der Waals surface area contributed by atoms with E-state index in [0.29, 0.717) is 18.8 Å². The highest BCUT2D eigenvalue weighted by Crippen LogP contribution is 2.24. The quantitative estimate of drug-likeness (QED) is 0.751. The summed E-state index contributed by atoms with van der Waals surface area (Å²) in [7, 11) is 1.80. The Morgan fingerprint density at radius 3 is 2.88 bits per heavy atom. The van der Waals surface area contributed by atoms with Crippen molar-refractivity contribution >= 4 is 5.97 Å². The number of carboxylic acid groups (broad SMARTS) is 1.